The SMILES string of the molecule is CNc1cc(OCCCC(C)C)ncn1. The van der Waals surface area contributed by atoms with Crippen molar-refractivity contribution in [3.05, 3.63) is 12.4 Å². The maximum Gasteiger partial charge on any atom is 0.218 e. The van der Waals surface area contributed by atoms with Crippen molar-refractivity contribution >= 4 is 5.82 Å². The van der Waals surface area contributed by atoms with E-state index in [-0.39, 0.29) is 0 Å². The van der Waals surface area contributed by atoms with Crippen molar-refractivity contribution in [1.29, 1.82) is 0 Å². The van der Waals surface area contributed by atoms with Crippen LogP contribution in [0.3, 0.4) is 0 Å². The first kappa shape index (κ1) is 11.8. The molecule has 1 aromatic heterocycles. The van der Waals surface area contributed by atoms with Crippen LogP contribution in [0, 0.1) is 5.92 Å². The molecule has 4 heteroatoms. The Morgan fingerprint density at radius 3 is 2.87 bits per heavy atom. The number of anilines is 1. The first-order valence-electron chi connectivity index (χ1n) is 5.35. The lowest BCUT2D eigenvalue weighted by Gasteiger charge is -2.07. The summed E-state index contributed by atoms with van der Waals surface area (Å²) in [7, 11) is 1.82. The normalized spacial score (nSPS) is 10.4. The van der Waals surface area contributed by atoms with Crippen LogP contribution >= 0.6 is 0 Å². The minimum Gasteiger partial charge on any atom is -0.478 e. The number of nitrogens with zero attached hydrogens (tertiary/aromatic N) is 2. The second kappa shape index (κ2) is 6.22. The molecule has 0 aromatic carbocycles. The Balaban J connectivity index is 2.30. The van der Waals surface area contributed by atoms with Crippen molar-refractivity contribution in [3.63, 3.8) is 0 Å². The van der Waals surface area contributed by atoms with Crippen molar-refractivity contribution in [2.24, 2.45) is 5.92 Å². The number of rotatable bonds is 6. The minimum atomic E-state index is 0.637. The average molecular weight is 209 g/mol. The van der Waals surface area contributed by atoms with Gasteiger partial charge >= 0.3 is 0 Å². The number of hydrogen-bond acceptors (Lipinski definition) is 4. The summed E-state index contributed by atoms with van der Waals surface area (Å²) < 4.78 is 5.51. The smallest absolute Gasteiger partial charge is 0.218 e. The predicted molar refractivity (Wildman–Crippen MR) is 61.1 cm³/mol. The molecular weight excluding hydrogens is 190 g/mol. The Labute approximate surface area is 91.1 Å². The largest absolute Gasteiger partial charge is 0.478 e. The van der Waals surface area contributed by atoms with Crippen LogP contribution < -0.4 is 10.1 Å². The molecule has 0 saturated heterocycles. The number of hydrogen-bond donors (Lipinski definition) is 1. The summed E-state index contributed by atoms with van der Waals surface area (Å²) in [5.74, 6) is 2.15. The van der Waals surface area contributed by atoms with Gasteiger partial charge in [-0.1, -0.05) is 13.8 Å². The summed E-state index contributed by atoms with van der Waals surface area (Å²) in [5, 5.41) is 2.94. The number of ether oxygens (including phenoxy) is 1. The van der Waals surface area contributed by atoms with E-state index in [0.717, 1.165) is 24.8 Å². The molecule has 0 unspecified atom stereocenters. The van der Waals surface area contributed by atoms with Crippen LogP contribution in [0.5, 0.6) is 5.88 Å². The van der Waals surface area contributed by atoms with E-state index in [1.807, 2.05) is 7.05 Å². The van der Waals surface area contributed by atoms with Crippen LogP contribution in [0.25, 0.3) is 0 Å². The van der Waals surface area contributed by atoms with Crippen molar-refractivity contribution in [2.45, 2.75) is 26.7 Å². The van der Waals surface area contributed by atoms with E-state index in [2.05, 4.69) is 29.1 Å². The second-order valence-corrected chi connectivity index (χ2v) is 3.88. The van der Waals surface area contributed by atoms with E-state index < -0.39 is 0 Å². The van der Waals surface area contributed by atoms with Gasteiger partial charge in [0.05, 0.1) is 6.61 Å². The molecule has 1 N–H and O–H groups in total. The Bertz CT molecular complexity index is 289. The molecule has 0 amide bonds. The van der Waals surface area contributed by atoms with Gasteiger partial charge in [0, 0.05) is 13.1 Å². The van der Waals surface area contributed by atoms with Crippen molar-refractivity contribution in [3.8, 4) is 5.88 Å². The standard InChI is InChI=1S/C11H19N3O/c1-9(2)5-4-6-15-11-7-10(12-3)13-8-14-11/h7-9H,4-6H2,1-3H3,(H,12,13,14). The molecule has 1 aromatic rings. The molecule has 1 heterocycles. The van der Waals surface area contributed by atoms with E-state index in [1.165, 1.54) is 12.7 Å². The third kappa shape index (κ3) is 4.63. The quantitative estimate of drug-likeness (QED) is 0.730. The summed E-state index contributed by atoms with van der Waals surface area (Å²) in [6.07, 6.45) is 3.75. The van der Waals surface area contributed by atoms with Gasteiger partial charge in [0.25, 0.3) is 0 Å². The van der Waals surface area contributed by atoms with Gasteiger partial charge in [-0.15, -0.1) is 0 Å². The molecule has 0 bridgehead atoms. The van der Waals surface area contributed by atoms with E-state index in [9.17, 15) is 0 Å². The molecule has 0 saturated carbocycles. The summed E-state index contributed by atoms with van der Waals surface area (Å²) in [6, 6.07) is 1.80. The molecule has 84 valence electrons. The van der Waals surface area contributed by atoms with Gasteiger partial charge in [-0.05, 0) is 18.8 Å². The van der Waals surface area contributed by atoms with Crippen molar-refractivity contribution in [1.82, 2.24) is 9.97 Å². The van der Waals surface area contributed by atoms with Gasteiger partial charge in [-0.2, -0.15) is 0 Å². The van der Waals surface area contributed by atoms with Crippen LogP contribution in [0.4, 0.5) is 5.82 Å². The van der Waals surface area contributed by atoms with Gasteiger partial charge < -0.3 is 10.1 Å². The fraction of sp³-hybridized carbons (Fsp3) is 0.636. The highest BCUT2D eigenvalue weighted by Gasteiger charge is 1.98. The monoisotopic (exact) mass is 209 g/mol. The summed E-state index contributed by atoms with van der Waals surface area (Å²) >= 11 is 0. The summed E-state index contributed by atoms with van der Waals surface area (Å²) in [4.78, 5) is 8.04. The molecule has 0 atom stereocenters. The fourth-order valence-electron chi connectivity index (χ4n) is 1.22. The van der Waals surface area contributed by atoms with Gasteiger partial charge in [-0.25, -0.2) is 9.97 Å². The van der Waals surface area contributed by atoms with Crippen molar-refractivity contribution < 1.29 is 4.74 Å². The van der Waals surface area contributed by atoms with Gasteiger partial charge in [-0.3, -0.25) is 0 Å². The highest BCUT2D eigenvalue weighted by molar-refractivity contribution is 5.35. The molecule has 0 aliphatic heterocycles. The number of nitrogens with one attached hydrogen (secondary N) is 1. The molecular formula is C11H19N3O. The van der Waals surface area contributed by atoms with Crippen LogP contribution in [0.1, 0.15) is 26.7 Å². The maximum atomic E-state index is 5.51. The lowest BCUT2D eigenvalue weighted by molar-refractivity contribution is 0.287. The Hall–Kier alpha value is -1.32. The first-order chi connectivity index (χ1) is 7.22. The predicted octanol–water partition coefficient (Wildman–Crippen LogP) is 2.33. The van der Waals surface area contributed by atoms with E-state index in [1.54, 1.807) is 6.07 Å². The molecule has 0 spiro atoms. The van der Waals surface area contributed by atoms with Crippen LogP contribution in [-0.4, -0.2) is 23.6 Å². The second-order valence-electron chi connectivity index (χ2n) is 3.88. The van der Waals surface area contributed by atoms with Crippen molar-refractivity contribution in [2.75, 3.05) is 19.0 Å². The van der Waals surface area contributed by atoms with Gasteiger partial charge in [0.2, 0.25) is 5.88 Å². The lowest BCUT2D eigenvalue weighted by atomic mass is 10.1. The van der Waals surface area contributed by atoms with Crippen LogP contribution in [0.15, 0.2) is 12.4 Å². The highest BCUT2D eigenvalue weighted by Crippen LogP contribution is 2.11. The first-order valence-corrected chi connectivity index (χ1v) is 5.35. The van der Waals surface area contributed by atoms with Gasteiger partial charge in [0.15, 0.2) is 0 Å². The molecule has 0 fully saturated rings. The van der Waals surface area contributed by atoms with E-state index >= 15 is 0 Å². The molecule has 0 aliphatic rings. The molecule has 0 aliphatic carbocycles. The Morgan fingerprint density at radius 1 is 1.40 bits per heavy atom. The van der Waals surface area contributed by atoms with Crippen LogP contribution in [-0.2, 0) is 0 Å². The molecule has 1 rings (SSSR count). The van der Waals surface area contributed by atoms with Crippen LogP contribution in [0.2, 0.25) is 0 Å². The summed E-state index contributed by atoms with van der Waals surface area (Å²) in [6.45, 7) is 5.14. The highest BCUT2D eigenvalue weighted by atomic mass is 16.5. The zero-order valence-electron chi connectivity index (χ0n) is 9.66. The molecule has 0 radical (unpaired) electrons. The Morgan fingerprint density at radius 2 is 2.20 bits per heavy atom. The Kier molecular flexibility index (Phi) is 4.87. The topological polar surface area (TPSA) is 47.0 Å². The molecule has 4 nitrogen and oxygen atoms in total. The third-order valence-electron chi connectivity index (χ3n) is 2.07. The average Bonchev–Trinajstić information content (AvgIpc) is 2.24. The zero-order valence-corrected chi connectivity index (χ0v) is 9.66. The zero-order chi connectivity index (χ0) is 11.1. The summed E-state index contributed by atoms with van der Waals surface area (Å²) in [5.41, 5.74) is 0. The minimum absolute atomic E-state index is 0.637. The third-order valence-corrected chi connectivity index (χ3v) is 2.07. The lowest BCUT2D eigenvalue weighted by Crippen LogP contribution is -2.02. The fourth-order valence-corrected chi connectivity index (χ4v) is 1.22. The number of aromatic nitrogens is 2. The van der Waals surface area contributed by atoms with E-state index in [0.29, 0.717) is 5.88 Å². The van der Waals surface area contributed by atoms with E-state index in [4.69, 9.17) is 4.74 Å². The maximum absolute atomic E-state index is 5.51. The molecule has 15 heavy (non-hydrogen) atoms. The van der Waals surface area contributed by atoms with Gasteiger partial charge in [0.1, 0.15) is 12.1 Å².